The van der Waals surface area contributed by atoms with Gasteiger partial charge in [-0.25, -0.2) is 9.97 Å². The summed E-state index contributed by atoms with van der Waals surface area (Å²) in [5.41, 5.74) is 4.98. The van der Waals surface area contributed by atoms with E-state index >= 15 is 0 Å². The first-order valence-electron chi connectivity index (χ1n) is 12.6. The third-order valence-corrected chi connectivity index (χ3v) is 6.23. The van der Waals surface area contributed by atoms with Crippen LogP contribution in [0.5, 0.6) is 0 Å². The fourth-order valence-corrected chi connectivity index (χ4v) is 4.17. The Kier molecular flexibility index (Phi) is 8.84. The van der Waals surface area contributed by atoms with Crippen molar-refractivity contribution in [1.29, 1.82) is 5.26 Å². The number of anilines is 1. The molecule has 0 saturated carbocycles. The number of rotatable bonds is 12. The number of carbonyl (C=O) groups excluding carboxylic acids is 1. The van der Waals surface area contributed by atoms with E-state index in [0.29, 0.717) is 30.0 Å². The van der Waals surface area contributed by atoms with Crippen LogP contribution in [-0.4, -0.2) is 59.5 Å². The van der Waals surface area contributed by atoms with Gasteiger partial charge in [-0.1, -0.05) is 24.6 Å². The van der Waals surface area contributed by atoms with Crippen molar-refractivity contribution < 1.29 is 4.79 Å². The van der Waals surface area contributed by atoms with Crippen molar-refractivity contribution >= 4 is 22.8 Å². The van der Waals surface area contributed by atoms with Gasteiger partial charge in [0, 0.05) is 47.5 Å². The lowest BCUT2D eigenvalue weighted by atomic mass is 10.1. The Labute approximate surface area is 217 Å². The molecule has 0 atom stereocenters. The van der Waals surface area contributed by atoms with Crippen LogP contribution in [0, 0.1) is 11.3 Å². The molecule has 0 spiro atoms. The molecule has 0 fully saturated rings. The Morgan fingerprint density at radius 1 is 1.05 bits per heavy atom. The number of fused-ring (bicyclic) bond motifs is 1. The molecular formula is C29H33N7O. The van der Waals surface area contributed by atoms with Crippen LogP contribution in [0.25, 0.3) is 22.2 Å². The average Bonchev–Trinajstić information content (AvgIpc) is 3.33. The van der Waals surface area contributed by atoms with Crippen molar-refractivity contribution in [2.75, 3.05) is 39.0 Å². The largest absolute Gasteiger partial charge is 0.360 e. The summed E-state index contributed by atoms with van der Waals surface area (Å²) in [7, 11) is 4.19. The summed E-state index contributed by atoms with van der Waals surface area (Å²) >= 11 is 0. The van der Waals surface area contributed by atoms with Gasteiger partial charge in [0.2, 0.25) is 5.95 Å². The van der Waals surface area contributed by atoms with E-state index in [2.05, 4.69) is 50.6 Å². The van der Waals surface area contributed by atoms with Crippen LogP contribution in [-0.2, 0) is 6.42 Å². The molecular weight excluding hydrogens is 462 g/mol. The van der Waals surface area contributed by atoms with Crippen molar-refractivity contribution in [2.45, 2.75) is 25.7 Å². The van der Waals surface area contributed by atoms with E-state index in [4.69, 9.17) is 0 Å². The molecule has 0 unspecified atom stereocenters. The van der Waals surface area contributed by atoms with Crippen LogP contribution >= 0.6 is 0 Å². The van der Waals surface area contributed by atoms with E-state index in [1.165, 1.54) is 12.8 Å². The molecule has 8 heteroatoms. The van der Waals surface area contributed by atoms with Gasteiger partial charge >= 0.3 is 0 Å². The van der Waals surface area contributed by atoms with Gasteiger partial charge in [0.05, 0.1) is 11.3 Å². The quantitative estimate of drug-likeness (QED) is 0.248. The molecule has 3 N–H and O–H groups in total. The molecule has 2 aromatic heterocycles. The van der Waals surface area contributed by atoms with Crippen molar-refractivity contribution in [3.05, 3.63) is 77.6 Å². The monoisotopic (exact) mass is 495 g/mol. The molecule has 0 aliphatic carbocycles. The summed E-state index contributed by atoms with van der Waals surface area (Å²) in [6, 6.07) is 17.5. The van der Waals surface area contributed by atoms with Crippen LogP contribution in [0.1, 0.15) is 40.7 Å². The number of H-pyrrole nitrogens is 1. The molecule has 0 radical (unpaired) electrons. The summed E-state index contributed by atoms with van der Waals surface area (Å²) in [5, 5.41) is 16.4. The number of nitrogens with zero attached hydrogens (tertiary/aromatic N) is 4. The molecule has 190 valence electrons. The maximum absolute atomic E-state index is 12.6. The standard InChI is InChI=1S/C29H33N7O/c1-36(2)17-5-3-4-14-32-29-33-16-13-26(35-29)22-7-9-23(10-8-22)28(37)31-15-12-21-6-11-27-25(18-21)24(19-30)20-34-27/h6-11,13,16,18,20,34H,3-5,12,14-15,17H2,1-2H3,(H,31,37)(H,32,33,35). The lowest BCUT2D eigenvalue weighted by Crippen LogP contribution is -2.25. The Bertz CT molecular complexity index is 1370. The summed E-state index contributed by atoms with van der Waals surface area (Å²) < 4.78 is 0. The topological polar surface area (TPSA) is 110 Å². The first kappa shape index (κ1) is 25.9. The van der Waals surface area contributed by atoms with Gasteiger partial charge in [-0.2, -0.15) is 5.26 Å². The Hall–Kier alpha value is -4.22. The molecule has 0 aliphatic rings. The zero-order valence-corrected chi connectivity index (χ0v) is 21.4. The van der Waals surface area contributed by atoms with Crippen LogP contribution in [0.4, 0.5) is 5.95 Å². The molecule has 37 heavy (non-hydrogen) atoms. The van der Waals surface area contributed by atoms with Crippen molar-refractivity contribution in [1.82, 2.24) is 25.2 Å². The number of unbranched alkanes of at least 4 members (excludes halogenated alkanes) is 2. The number of aromatic nitrogens is 3. The van der Waals surface area contributed by atoms with Crippen LogP contribution in [0.3, 0.4) is 0 Å². The SMILES string of the molecule is CN(C)CCCCCNc1nccc(-c2ccc(C(=O)NCCc3ccc4[nH]cc(C#N)c4c3)cc2)n1. The molecule has 0 bridgehead atoms. The third-order valence-electron chi connectivity index (χ3n) is 6.23. The lowest BCUT2D eigenvalue weighted by molar-refractivity contribution is 0.0954. The fourth-order valence-electron chi connectivity index (χ4n) is 4.17. The minimum atomic E-state index is -0.119. The van der Waals surface area contributed by atoms with E-state index in [1.807, 2.05) is 48.5 Å². The molecule has 4 aromatic rings. The second kappa shape index (κ2) is 12.7. The van der Waals surface area contributed by atoms with Gasteiger partial charge in [0.25, 0.3) is 5.91 Å². The van der Waals surface area contributed by atoms with Crippen LogP contribution < -0.4 is 10.6 Å². The van der Waals surface area contributed by atoms with Gasteiger partial charge in [0.1, 0.15) is 6.07 Å². The number of aromatic amines is 1. The van der Waals surface area contributed by atoms with Crippen molar-refractivity contribution in [3.63, 3.8) is 0 Å². The number of carbonyl (C=O) groups is 1. The van der Waals surface area contributed by atoms with Crippen LogP contribution in [0.2, 0.25) is 0 Å². The molecule has 0 aliphatic heterocycles. The number of hydrogen-bond donors (Lipinski definition) is 3. The van der Waals surface area contributed by atoms with Gasteiger partial charge in [-0.3, -0.25) is 4.79 Å². The fraction of sp³-hybridized carbons (Fsp3) is 0.310. The Morgan fingerprint density at radius 3 is 2.68 bits per heavy atom. The minimum absolute atomic E-state index is 0.119. The average molecular weight is 496 g/mol. The second-order valence-corrected chi connectivity index (χ2v) is 9.33. The first-order chi connectivity index (χ1) is 18.0. The smallest absolute Gasteiger partial charge is 0.251 e. The maximum Gasteiger partial charge on any atom is 0.251 e. The summed E-state index contributed by atoms with van der Waals surface area (Å²) in [4.78, 5) is 26.9. The number of amides is 1. The molecule has 2 aromatic carbocycles. The predicted molar refractivity (Wildman–Crippen MR) is 147 cm³/mol. The normalized spacial score (nSPS) is 11.0. The second-order valence-electron chi connectivity index (χ2n) is 9.33. The highest BCUT2D eigenvalue weighted by atomic mass is 16.1. The summed E-state index contributed by atoms with van der Waals surface area (Å²) in [6.07, 6.45) is 7.57. The Morgan fingerprint density at radius 2 is 1.89 bits per heavy atom. The van der Waals surface area contributed by atoms with Crippen LogP contribution in [0.15, 0.2) is 60.9 Å². The molecule has 0 saturated heterocycles. The lowest BCUT2D eigenvalue weighted by Gasteiger charge is -2.10. The predicted octanol–water partition coefficient (Wildman–Crippen LogP) is 4.61. The van der Waals surface area contributed by atoms with E-state index in [9.17, 15) is 10.1 Å². The van der Waals surface area contributed by atoms with Gasteiger partial charge in [-0.15, -0.1) is 0 Å². The van der Waals surface area contributed by atoms with E-state index in [0.717, 1.165) is 47.2 Å². The highest BCUT2D eigenvalue weighted by Crippen LogP contribution is 2.20. The zero-order valence-electron chi connectivity index (χ0n) is 21.4. The first-order valence-corrected chi connectivity index (χ1v) is 12.6. The minimum Gasteiger partial charge on any atom is -0.360 e. The molecule has 2 heterocycles. The number of hydrogen-bond acceptors (Lipinski definition) is 6. The number of nitriles is 1. The third kappa shape index (κ3) is 7.15. The Balaban J connectivity index is 1.27. The van der Waals surface area contributed by atoms with E-state index in [-0.39, 0.29) is 5.91 Å². The van der Waals surface area contributed by atoms with E-state index in [1.54, 1.807) is 12.4 Å². The zero-order chi connectivity index (χ0) is 26.0. The number of nitrogens with one attached hydrogen (secondary N) is 3. The summed E-state index contributed by atoms with van der Waals surface area (Å²) in [5.74, 6) is 0.498. The van der Waals surface area contributed by atoms with Crippen molar-refractivity contribution in [3.8, 4) is 17.3 Å². The molecule has 1 amide bonds. The van der Waals surface area contributed by atoms with Crippen molar-refractivity contribution in [2.24, 2.45) is 0 Å². The summed E-state index contributed by atoms with van der Waals surface area (Å²) in [6.45, 7) is 2.46. The highest BCUT2D eigenvalue weighted by molar-refractivity contribution is 5.94. The van der Waals surface area contributed by atoms with Gasteiger partial charge in [0.15, 0.2) is 0 Å². The molecule has 4 rings (SSSR count). The molecule has 8 nitrogen and oxygen atoms in total. The number of benzene rings is 2. The van der Waals surface area contributed by atoms with Gasteiger partial charge in [-0.05, 0) is 75.8 Å². The highest BCUT2D eigenvalue weighted by Gasteiger charge is 2.08. The van der Waals surface area contributed by atoms with E-state index < -0.39 is 0 Å². The van der Waals surface area contributed by atoms with Gasteiger partial charge < -0.3 is 20.5 Å². The maximum atomic E-state index is 12.6.